The van der Waals surface area contributed by atoms with Gasteiger partial charge in [0.2, 0.25) is 0 Å². The van der Waals surface area contributed by atoms with Crippen LogP contribution in [-0.2, 0) is 0 Å². The molecule has 0 aliphatic heterocycles. The van der Waals surface area contributed by atoms with Gasteiger partial charge in [-0.05, 0) is 18.8 Å². The second-order valence-electron chi connectivity index (χ2n) is 3.20. The highest BCUT2D eigenvalue weighted by Crippen LogP contribution is 2.29. The lowest BCUT2D eigenvalue weighted by Gasteiger charge is -2.24. The van der Waals surface area contributed by atoms with Crippen LogP contribution < -0.4 is 5.32 Å². The first-order valence-corrected chi connectivity index (χ1v) is 4.56. The van der Waals surface area contributed by atoms with E-state index in [2.05, 4.69) is 12.2 Å². The van der Waals surface area contributed by atoms with E-state index in [0.717, 1.165) is 19.0 Å². The first kappa shape index (κ1) is 8.06. The van der Waals surface area contributed by atoms with Crippen LogP contribution >= 0.6 is 0 Å². The lowest BCUT2D eigenvalue weighted by Crippen LogP contribution is -2.13. The van der Waals surface area contributed by atoms with Gasteiger partial charge in [0.05, 0.1) is 0 Å². The lowest BCUT2D eigenvalue weighted by molar-refractivity contribution is 0.288. The van der Waals surface area contributed by atoms with Gasteiger partial charge in [0.25, 0.3) is 0 Å². The van der Waals surface area contributed by atoms with Gasteiger partial charge in [0, 0.05) is 13.1 Å². The first-order valence-electron chi connectivity index (χ1n) is 4.56. The number of rotatable bonds is 5. The highest BCUT2D eigenvalue weighted by atomic mass is 14.8. The summed E-state index contributed by atoms with van der Waals surface area (Å²) in [5, 5.41) is 4.30. The minimum Gasteiger partial charge on any atom is -0.242 e. The van der Waals surface area contributed by atoms with Crippen molar-refractivity contribution in [2.75, 3.05) is 13.1 Å². The third-order valence-corrected chi connectivity index (χ3v) is 2.38. The van der Waals surface area contributed by atoms with Crippen LogP contribution in [0.5, 0.6) is 0 Å². The molecule has 0 amide bonds. The average molecular weight is 140 g/mol. The van der Waals surface area contributed by atoms with Gasteiger partial charge in [-0.15, -0.1) is 0 Å². The third kappa shape index (κ3) is 2.70. The summed E-state index contributed by atoms with van der Waals surface area (Å²) in [6.45, 7) is 4.22. The second kappa shape index (κ2) is 4.73. The average Bonchev–Trinajstić information content (AvgIpc) is 1.84. The molecule has 1 aliphatic rings. The van der Waals surface area contributed by atoms with E-state index in [4.69, 9.17) is 0 Å². The molecule has 1 saturated carbocycles. The van der Waals surface area contributed by atoms with Crippen molar-refractivity contribution in [2.24, 2.45) is 5.92 Å². The Bertz CT molecular complexity index is 76.8. The van der Waals surface area contributed by atoms with E-state index in [0.29, 0.717) is 0 Å². The zero-order valence-electron chi connectivity index (χ0n) is 6.97. The van der Waals surface area contributed by atoms with Crippen molar-refractivity contribution in [3.05, 3.63) is 0 Å². The third-order valence-electron chi connectivity index (χ3n) is 2.38. The monoisotopic (exact) mass is 140 g/mol. The van der Waals surface area contributed by atoms with Gasteiger partial charge < -0.3 is 0 Å². The SMILES string of the molecule is CC[N]CCCC1CCC1. The topological polar surface area (TPSA) is 14.1 Å². The largest absolute Gasteiger partial charge is 0.242 e. The second-order valence-corrected chi connectivity index (χ2v) is 3.20. The molecule has 1 heteroatoms. The van der Waals surface area contributed by atoms with Crippen LogP contribution in [0.25, 0.3) is 0 Å². The maximum Gasteiger partial charge on any atom is 0.0133 e. The summed E-state index contributed by atoms with van der Waals surface area (Å²) >= 11 is 0. The molecule has 1 radical (unpaired) electrons. The molecule has 0 aromatic carbocycles. The molecular formula is C9H18N. The Morgan fingerprint density at radius 3 is 2.70 bits per heavy atom. The van der Waals surface area contributed by atoms with E-state index in [-0.39, 0.29) is 0 Å². The van der Waals surface area contributed by atoms with Gasteiger partial charge in [-0.25, -0.2) is 5.32 Å². The molecule has 0 heterocycles. The van der Waals surface area contributed by atoms with Gasteiger partial charge in [-0.3, -0.25) is 0 Å². The maximum absolute atomic E-state index is 4.30. The highest BCUT2D eigenvalue weighted by Gasteiger charge is 2.15. The molecule has 0 N–H and O–H groups in total. The summed E-state index contributed by atoms with van der Waals surface area (Å²) < 4.78 is 0. The van der Waals surface area contributed by atoms with Gasteiger partial charge in [0.15, 0.2) is 0 Å². The molecule has 59 valence electrons. The quantitative estimate of drug-likeness (QED) is 0.520. The van der Waals surface area contributed by atoms with Crippen LogP contribution in [-0.4, -0.2) is 13.1 Å². The van der Waals surface area contributed by atoms with Gasteiger partial charge in [-0.1, -0.05) is 26.2 Å². The Morgan fingerprint density at radius 2 is 2.20 bits per heavy atom. The predicted molar refractivity (Wildman–Crippen MR) is 44.1 cm³/mol. The molecule has 0 aromatic rings. The predicted octanol–water partition coefficient (Wildman–Crippen LogP) is 2.19. The Hall–Kier alpha value is -0.0400. The van der Waals surface area contributed by atoms with Gasteiger partial charge in [0.1, 0.15) is 0 Å². The van der Waals surface area contributed by atoms with Crippen molar-refractivity contribution < 1.29 is 0 Å². The number of hydrogen-bond acceptors (Lipinski definition) is 0. The maximum atomic E-state index is 4.30. The molecule has 0 bridgehead atoms. The van der Waals surface area contributed by atoms with Crippen LogP contribution in [0.15, 0.2) is 0 Å². The fraction of sp³-hybridized carbons (Fsp3) is 1.00. The minimum absolute atomic E-state index is 1.00. The molecule has 1 nitrogen and oxygen atoms in total. The molecule has 0 aromatic heterocycles. The van der Waals surface area contributed by atoms with E-state index < -0.39 is 0 Å². The normalized spacial score (nSPS) is 18.9. The van der Waals surface area contributed by atoms with Crippen molar-refractivity contribution in [3.8, 4) is 0 Å². The molecule has 10 heavy (non-hydrogen) atoms. The number of hydrogen-bond donors (Lipinski definition) is 0. The van der Waals surface area contributed by atoms with Crippen LogP contribution in [0.2, 0.25) is 0 Å². The molecule has 0 saturated heterocycles. The van der Waals surface area contributed by atoms with Crippen LogP contribution in [0, 0.1) is 5.92 Å². The number of nitrogens with zero attached hydrogens (tertiary/aromatic N) is 1. The summed E-state index contributed by atoms with van der Waals surface area (Å²) in [5.74, 6) is 1.08. The Kier molecular flexibility index (Phi) is 3.81. The Balaban J connectivity index is 1.76. The van der Waals surface area contributed by atoms with E-state index in [9.17, 15) is 0 Å². The molecule has 1 aliphatic carbocycles. The molecular weight excluding hydrogens is 122 g/mol. The van der Waals surface area contributed by atoms with Gasteiger partial charge in [-0.2, -0.15) is 0 Å². The van der Waals surface area contributed by atoms with Crippen molar-refractivity contribution in [1.29, 1.82) is 0 Å². The molecule has 0 unspecified atom stereocenters. The Labute approximate surface area is 64.2 Å². The van der Waals surface area contributed by atoms with E-state index in [1.54, 1.807) is 0 Å². The first-order chi connectivity index (χ1) is 4.93. The fourth-order valence-corrected chi connectivity index (χ4v) is 1.43. The molecule has 0 atom stereocenters. The zero-order valence-corrected chi connectivity index (χ0v) is 6.97. The van der Waals surface area contributed by atoms with Crippen molar-refractivity contribution in [1.82, 2.24) is 5.32 Å². The van der Waals surface area contributed by atoms with Crippen LogP contribution in [0.4, 0.5) is 0 Å². The highest BCUT2D eigenvalue weighted by molar-refractivity contribution is 4.69. The minimum atomic E-state index is 1.00. The van der Waals surface area contributed by atoms with E-state index >= 15 is 0 Å². The van der Waals surface area contributed by atoms with Gasteiger partial charge >= 0.3 is 0 Å². The van der Waals surface area contributed by atoms with Crippen molar-refractivity contribution in [2.45, 2.75) is 39.0 Å². The van der Waals surface area contributed by atoms with Crippen molar-refractivity contribution in [3.63, 3.8) is 0 Å². The smallest absolute Gasteiger partial charge is 0.0133 e. The Morgan fingerprint density at radius 1 is 1.40 bits per heavy atom. The summed E-state index contributed by atoms with van der Waals surface area (Å²) in [5.41, 5.74) is 0. The van der Waals surface area contributed by atoms with E-state index in [1.165, 1.54) is 32.1 Å². The zero-order chi connectivity index (χ0) is 7.23. The van der Waals surface area contributed by atoms with Crippen LogP contribution in [0.3, 0.4) is 0 Å². The lowest BCUT2D eigenvalue weighted by atomic mass is 9.82. The van der Waals surface area contributed by atoms with Crippen molar-refractivity contribution >= 4 is 0 Å². The fourth-order valence-electron chi connectivity index (χ4n) is 1.43. The van der Waals surface area contributed by atoms with E-state index in [1.807, 2.05) is 0 Å². The van der Waals surface area contributed by atoms with Crippen LogP contribution in [0.1, 0.15) is 39.0 Å². The summed E-state index contributed by atoms with van der Waals surface area (Å²) in [6, 6.07) is 0. The summed E-state index contributed by atoms with van der Waals surface area (Å²) in [6.07, 6.45) is 7.23. The summed E-state index contributed by atoms with van der Waals surface area (Å²) in [4.78, 5) is 0. The molecule has 0 spiro atoms. The summed E-state index contributed by atoms with van der Waals surface area (Å²) in [7, 11) is 0. The molecule has 1 fully saturated rings. The standard InChI is InChI=1S/C9H18N/c1-2-10-8-4-7-9-5-3-6-9/h9H,2-8H2,1H3. The molecule has 1 rings (SSSR count).